The monoisotopic (exact) mass is 201 g/mol. The third kappa shape index (κ3) is 3.27. The Balaban J connectivity index is 2.34. The van der Waals surface area contributed by atoms with Gasteiger partial charge in [0.05, 0.1) is 6.61 Å². The van der Waals surface area contributed by atoms with Gasteiger partial charge < -0.3 is 9.84 Å². The van der Waals surface area contributed by atoms with Gasteiger partial charge in [0, 0.05) is 13.2 Å². The van der Waals surface area contributed by atoms with Crippen molar-refractivity contribution in [2.75, 3.05) is 26.3 Å². The highest BCUT2D eigenvalue weighted by Gasteiger charge is 2.27. The highest BCUT2D eigenvalue weighted by Crippen LogP contribution is 2.16. The van der Waals surface area contributed by atoms with Crippen LogP contribution in [0.2, 0.25) is 0 Å². The van der Waals surface area contributed by atoms with Crippen molar-refractivity contribution in [3.8, 4) is 0 Å². The van der Waals surface area contributed by atoms with E-state index < -0.39 is 5.97 Å². The molecule has 1 atom stereocenters. The Morgan fingerprint density at radius 3 is 3.00 bits per heavy atom. The van der Waals surface area contributed by atoms with Crippen molar-refractivity contribution in [1.29, 1.82) is 0 Å². The van der Waals surface area contributed by atoms with Crippen LogP contribution in [0.25, 0.3) is 0 Å². The van der Waals surface area contributed by atoms with E-state index in [1.165, 1.54) is 0 Å². The zero-order chi connectivity index (χ0) is 10.4. The summed E-state index contributed by atoms with van der Waals surface area (Å²) in [7, 11) is 0. The summed E-state index contributed by atoms with van der Waals surface area (Å²) in [5.41, 5.74) is 0. The third-order valence-electron chi connectivity index (χ3n) is 2.63. The lowest BCUT2D eigenvalue weighted by Gasteiger charge is -2.32. The van der Waals surface area contributed by atoms with Gasteiger partial charge in [-0.1, -0.05) is 6.42 Å². The molecule has 0 bridgehead atoms. The smallest absolute Gasteiger partial charge is 0.320 e. The summed E-state index contributed by atoms with van der Waals surface area (Å²) in [4.78, 5) is 12.9. The summed E-state index contributed by atoms with van der Waals surface area (Å²) < 4.78 is 5.23. The van der Waals surface area contributed by atoms with E-state index >= 15 is 0 Å². The molecule has 4 nitrogen and oxygen atoms in total. The van der Waals surface area contributed by atoms with Crippen molar-refractivity contribution in [2.24, 2.45) is 0 Å². The van der Waals surface area contributed by atoms with Crippen LogP contribution >= 0.6 is 0 Å². The van der Waals surface area contributed by atoms with Gasteiger partial charge in [-0.2, -0.15) is 0 Å². The fraction of sp³-hybridized carbons (Fsp3) is 0.900. The highest BCUT2D eigenvalue weighted by molar-refractivity contribution is 5.73. The van der Waals surface area contributed by atoms with Crippen LogP contribution in [0.1, 0.15) is 26.2 Å². The second-order valence-corrected chi connectivity index (χ2v) is 3.58. The number of ether oxygens (including phenoxy) is 1. The fourth-order valence-corrected chi connectivity index (χ4v) is 1.86. The fourth-order valence-electron chi connectivity index (χ4n) is 1.86. The minimum atomic E-state index is -0.693. The first-order valence-electron chi connectivity index (χ1n) is 5.30. The summed E-state index contributed by atoms with van der Waals surface area (Å²) in [6.07, 6.45) is 2.92. The average molecular weight is 201 g/mol. The number of aliphatic carboxylic acids is 1. The number of carboxylic acids is 1. The van der Waals surface area contributed by atoms with Crippen LogP contribution in [0.4, 0.5) is 0 Å². The molecule has 1 heterocycles. The molecule has 0 aromatic heterocycles. The molecule has 1 unspecified atom stereocenters. The zero-order valence-electron chi connectivity index (χ0n) is 8.74. The maximum Gasteiger partial charge on any atom is 0.320 e. The molecule has 1 saturated heterocycles. The molecular weight excluding hydrogens is 182 g/mol. The Labute approximate surface area is 84.8 Å². The molecule has 1 fully saturated rings. The van der Waals surface area contributed by atoms with E-state index in [-0.39, 0.29) is 6.04 Å². The molecule has 0 spiro atoms. The number of carboxylic acid groups (broad SMARTS) is 1. The molecule has 0 aromatic carbocycles. The third-order valence-corrected chi connectivity index (χ3v) is 2.63. The van der Waals surface area contributed by atoms with Crippen LogP contribution in [-0.2, 0) is 9.53 Å². The Kier molecular flexibility index (Phi) is 4.90. The Morgan fingerprint density at radius 2 is 2.36 bits per heavy atom. The van der Waals surface area contributed by atoms with Crippen LogP contribution in [0, 0.1) is 0 Å². The molecule has 0 amide bonds. The molecule has 0 radical (unpaired) electrons. The first kappa shape index (κ1) is 11.5. The number of piperidine rings is 1. The summed E-state index contributed by atoms with van der Waals surface area (Å²) in [5, 5.41) is 8.98. The van der Waals surface area contributed by atoms with Gasteiger partial charge in [0.2, 0.25) is 0 Å². The first-order valence-corrected chi connectivity index (χ1v) is 5.30. The Bertz CT molecular complexity index is 184. The largest absolute Gasteiger partial charge is 0.480 e. The molecule has 0 saturated carbocycles. The second kappa shape index (κ2) is 5.98. The van der Waals surface area contributed by atoms with Gasteiger partial charge in [-0.05, 0) is 26.3 Å². The number of likely N-dealkylation sites (tertiary alicyclic amines) is 1. The Hall–Kier alpha value is -0.610. The van der Waals surface area contributed by atoms with Crippen LogP contribution < -0.4 is 0 Å². The number of nitrogens with zero attached hydrogens (tertiary/aromatic N) is 1. The standard InChI is InChI=1S/C10H19NO3/c1-2-14-8-7-11-6-4-3-5-9(11)10(12)13/h9H,2-8H2,1H3,(H,12,13). The van der Waals surface area contributed by atoms with Gasteiger partial charge in [0.25, 0.3) is 0 Å². The maximum atomic E-state index is 10.9. The number of hydrogen-bond acceptors (Lipinski definition) is 3. The molecule has 0 aliphatic carbocycles. The molecule has 1 aliphatic heterocycles. The normalized spacial score (nSPS) is 23.6. The second-order valence-electron chi connectivity index (χ2n) is 3.58. The van der Waals surface area contributed by atoms with Crippen LogP contribution in [0.3, 0.4) is 0 Å². The molecule has 1 N–H and O–H groups in total. The number of rotatable bonds is 5. The summed E-state index contributed by atoms with van der Waals surface area (Å²) >= 11 is 0. The van der Waals surface area contributed by atoms with Gasteiger partial charge in [-0.15, -0.1) is 0 Å². The molecule has 1 rings (SSSR count). The number of hydrogen-bond donors (Lipinski definition) is 1. The van der Waals surface area contributed by atoms with E-state index in [2.05, 4.69) is 0 Å². The Morgan fingerprint density at radius 1 is 1.57 bits per heavy atom. The van der Waals surface area contributed by atoms with E-state index in [4.69, 9.17) is 9.84 Å². The highest BCUT2D eigenvalue weighted by atomic mass is 16.5. The molecular formula is C10H19NO3. The minimum Gasteiger partial charge on any atom is -0.480 e. The number of carbonyl (C=O) groups is 1. The predicted molar refractivity (Wildman–Crippen MR) is 53.3 cm³/mol. The van der Waals surface area contributed by atoms with Crippen molar-refractivity contribution in [3.63, 3.8) is 0 Å². The lowest BCUT2D eigenvalue weighted by Crippen LogP contribution is -2.46. The summed E-state index contributed by atoms with van der Waals surface area (Å²) in [6.45, 7) is 4.92. The van der Waals surface area contributed by atoms with Gasteiger partial charge in [0.1, 0.15) is 6.04 Å². The van der Waals surface area contributed by atoms with E-state index in [9.17, 15) is 4.79 Å². The molecule has 1 aliphatic rings. The van der Waals surface area contributed by atoms with Crippen molar-refractivity contribution < 1.29 is 14.6 Å². The van der Waals surface area contributed by atoms with Crippen LogP contribution in [0.5, 0.6) is 0 Å². The van der Waals surface area contributed by atoms with Crippen molar-refractivity contribution in [1.82, 2.24) is 4.90 Å². The quantitative estimate of drug-likeness (QED) is 0.673. The lowest BCUT2D eigenvalue weighted by molar-refractivity contribution is -0.144. The summed E-state index contributed by atoms with van der Waals surface area (Å²) in [5.74, 6) is -0.693. The molecule has 4 heteroatoms. The lowest BCUT2D eigenvalue weighted by atomic mass is 10.0. The van der Waals surface area contributed by atoms with Crippen LogP contribution in [-0.4, -0.2) is 48.3 Å². The SMILES string of the molecule is CCOCCN1CCCCC1C(=O)O. The topological polar surface area (TPSA) is 49.8 Å². The minimum absolute atomic E-state index is 0.288. The van der Waals surface area contributed by atoms with Gasteiger partial charge >= 0.3 is 5.97 Å². The maximum absolute atomic E-state index is 10.9. The molecule has 0 aromatic rings. The van der Waals surface area contributed by atoms with Gasteiger partial charge in [0.15, 0.2) is 0 Å². The molecule has 82 valence electrons. The van der Waals surface area contributed by atoms with Crippen LogP contribution in [0.15, 0.2) is 0 Å². The van der Waals surface area contributed by atoms with Gasteiger partial charge in [-0.25, -0.2) is 0 Å². The van der Waals surface area contributed by atoms with Crippen molar-refractivity contribution >= 4 is 5.97 Å². The van der Waals surface area contributed by atoms with E-state index in [0.717, 1.165) is 32.4 Å². The zero-order valence-corrected chi connectivity index (χ0v) is 8.74. The van der Waals surface area contributed by atoms with Crippen molar-refractivity contribution in [3.05, 3.63) is 0 Å². The van der Waals surface area contributed by atoms with E-state index in [1.54, 1.807) is 0 Å². The molecule has 14 heavy (non-hydrogen) atoms. The predicted octanol–water partition coefficient (Wildman–Crippen LogP) is 0.962. The van der Waals surface area contributed by atoms with Crippen molar-refractivity contribution in [2.45, 2.75) is 32.2 Å². The first-order chi connectivity index (χ1) is 6.75. The van der Waals surface area contributed by atoms with E-state index in [1.807, 2.05) is 11.8 Å². The van der Waals surface area contributed by atoms with E-state index in [0.29, 0.717) is 13.2 Å². The average Bonchev–Trinajstić information content (AvgIpc) is 2.19. The van der Waals surface area contributed by atoms with Gasteiger partial charge in [-0.3, -0.25) is 9.69 Å². The summed E-state index contributed by atoms with van der Waals surface area (Å²) in [6, 6.07) is -0.288.